The van der Waals surface area contributed by atoms with Crippen LogP contribution in [0.25, 0.3) is 0 Å². The molecule has 0 unspecified atom stereocenters. The van der Waals surface area contributed by atoms with Crippen LogP contribution in [-0.4, -0.2) is 15.3 Å². The Bertz CT molecular complexity index is 532. The van der Waals surface area contributed by atoms with Gasteiger partial charge in [0.15, 0.2) is 0 Å². The first-order chi connectivity index (χ1) is 9.39. The van der Waals surface area contributed by atoms with Gasteiger partial charge < -0.3 is 4.43 Å². The van der Waals surface area contributed by atoms with Gasteiger partial charge in [-0.3, -0.25) is 4.79 Å². The van der Waals surface area contributed by atoms with Crippen molar-refractivity contribution < 1.29 is 9.22 Å². The lowest BCUT2D eigenvalue weighted by Crippen LogP contribution is -2.26. The molecule has 3 heteroatoms. The van der Waals surface area contributed by atoms with Gasteiger partial charge in [-0.1, -0.05) is 41.5 Å². The lowest BCUT2D eigenvalue weighted by Gasteiger charge is -2.34. The zero-order valence-corrected chi connectivity index (χ0v) is 16.2. The van der Waals surface area contributed by atoms with Gasteiger partial charge in [0, 0.05) is 5.56 Å². The summed E-state index contributed by atoms with van der Waals surface area (Å²) in [7, 11) is -1.21. The van der Waals surface area contributed by atoms with Crippen molar-refractivity contribution in [3.63, 3.8) is 0 Å². The molecule has 0 aliphatic heterocycles. The Morgan fingerprint density at radius 1 is 1.00 bits per heavy atom. The van der Waals surface area contributed by atoms with Crippen molar-refractivity contribution in [1.29, 1.82) is 0 Å². The Morgan fingerprint density at radius 2 is 1.48 bits per heavy atom. The number of aldehydes is 1. The van der Waals surface area contributed by atoms with E-state index in [1.54, 1.807) is 0 Å². The second-order valence-electron chi connectivity index (χ2n) is 8.12. The van der Waals surface area contributed by atoms with E-state index in [4.69, 9.17) is 4.43 Å². The average molecular weight is 307 g/mol. The van der Waals surface area contributed by atoms with E-state index in [9.17, 15) is 4.79 Å². The third-order valence-corrected chi connectivity index (χ3v) is 4.28. The Morgan fingerprint density at radius 3 is 1.81 bits per heavy atom. The lowest BCUT2D eigenvalue weighted by molar-refractivity contribution is 0.112. The molecule has 0 saturated heterocycles. The summed E-state index contributed by atoms with van der Waals surface area (Å²) in [5.41, 5.74) is 4.26. The number of carbonyl (C=O) groups is 1. The molecule has 0 spiro atoms. The summed E-state index contributed by atoms with van der Waals surface area (Å²) in [5, 5.41) is 0. The van der Waals surface area contributed by atoms with Crippen molar-refractivity contribution in [2.24, 2.45) is 0 Å². The molecule has 0 bridgehead atoms. The molecule has 0 aliphatic rings. The van der Waals surface area contributed by atoms with Gasteiger partial charge >= 0.3 is 0 Å². The van der Waals surface area contributed by atoms with Gasteiger partial charge in [0.2, 0.25) is 9.04 Å². The van der Waals surface area contributed by atoms with E-state index in [2.05, 4.69) is 61.6 Å². The summed E-state index contributed by atoms with van der Waals surface area (Å²) in [4.78, 5) is 11.7. The zero-order chi connectivity index (χ0) is 16.6. The maximum atomic E-state index is 11.7. The van der Waals surface area contributed by atoms with Gasteiger partial charge in [0.05, 0.1) is 0 Å². The minimum Gasteiger partial charge on any atom is -0.547 e. The van der Waals surface area contributed by atoms with E-state index >= 15 is 0 Å². The van der Waals surface area contributed by atoms with Gasteiger partial charge in [0.25, 0.3) is 0 Å². The van der Waals surface area contributed by atoms with Crippen LogP contribution in [0.3, 0.4) is 0 Å². The number of carbonyl (C=O) groups excluding carboxylic acids is 1. The van der Waals surface area contributed by atoms with Crippen molar-refractivity contribution in [2.75, 3.05) is 0 Å². The normalized spacial score (nSPS) is 12.7. The fourth-order valence-electron chi connectivity index (χ4n) is 2.99. The third-order valence-electron chi connectivity index (χ3n) is 3.56. The van der Waals surface area contributed by atoms with Crippen LogP contribution in [0.1, 0.15) is 68.6 Å². The van der Waals surface area contributed by atoms with Gasteiger partial charge in [-0.25, -0.2) is 0 Å². The first-order valence-electron chi connectivity index (χ1n) is 7.70. The SMILES string of the molecule is Cc1c(O[SiH](C)C)cc(C=O)c(C(C)(C)C)c1C(C)(C)C. The molecule has 0 aromatic heterocycles. The zero-order valence-electron chi connectivity index (χ0n) is 15.0. The monoisotopic (exact) mass is 306 g/mol. The summed E-state index contributed by atoms with van der Waals surface area (Å²) in [5.74, 6) is 0.886. The van der Waals surface area contributed by atoms with Gasteiger partial charge in [-0.15, -0.1) is 0 Å². The van der Waals surface area contributed by atoms with Crippen LogP contribution < -0.4 is 4.43 Å². The molecule has 1 aromatic carbocycles. The van der Waals surface area contributed by atoms with Gasteiger partial charge in [-0.2, -0.15) is 0 Å². The second kappa shape index (κ2) is 5.96. The maximum Gasteiger partial charge on any atom is 0.229 e. The molecular formula is C18H30O2Si. The lowest BCUT2D eigenvalue weighted by atomic mass is 9.71. The van der Waals surface area contributed by atoms with E-state index in [-0.39, 0.29) is 10.8 Å². The summed E-state index contributed by atoms with van der Waals surface area (Å²) in [6.45, 7) is 19.5. The third kappa shape index (κ3) is 3.97. The highest BCUT2D eigenvalue weighted by atomic mass is 28.3. The fourth-order valence-corrected chi connectivity index (χ4v) is 3.74. The van der Waals surface area contributed by atoms with Crippen LogP contribution in [-0.2, 0) is 10.8 Å². The molecule has 0 amide bonds. The van der Waals surface area contributed by atoms with E-state index in [1.165, 1.54) is 11.1 Å². The molecule has 21 heavy (non-hydrogen) atoms. The van der Waals surface area contributed by atoms with Crippen molar-refractivity contribution in [2.45, 2.75) is 72.4 Å². The first kappa shape index (κ1) is 18.0. The highest BCUT2D eigenvalue weighted by molar-refractivity contribution is 6.49. The number of rotatable bonds is 3. The van der Waals surface area contributed by atoms with Crippen LogP contribution in [0.5, 0.6) is 5.75 Å². The van der Waals surface area contributed by atoms with Crippen LogP contribution in [0.4, 0.5) is 0 Å². The molecule has 0 atom stereocenters. The topological polar surface area (TPSA) is 26.3 Å². The van der Waals surface area contributed by atoms with E-state index in [1.807, 2.05) is 6.07 Å². The average Bonchev–Trinajstić information content (AvgIpc) is 2.27. The molecule has 0 radical (unpaired) electrons. The standard InChI is InChI=1S/C18H30O2Si/c1-12-14(20-21(8)9)10-13(11-19)16(18(5,6)7)15(12)17(2,3)4/h10-11,21H,1-9H3. The minimum absolute atomic E-state index is 0.0254. The van der Waals surface area contributed by atoms with E-state index in [0.29, 0.717) is 0 Å². The van der Waals surface area contributed by atoms with Gasteiger partial charge in [-0.05, 0) is 53.6 Å². The van der Waals surface area contributed by atoms with Crippen LogP contribution in [0.15, 0.2) is 6.07 Å². The summed E-state index contributed by atoms with van der Waals surface area (Å²) < 4.78 is 6.07. The Labute approximate surface area is 131 Å². The van der Waals surface area contributed by atoms with Gasteiger partial charge in [0.1, 0.15) is 12.0 Å². The Hall–Kier alpha value is -1.09. The molecule has 0 heterocycles. The maximum absolute atomic E-state index is 11.7. The number of hydrogen-bond acceptors (Lipinski definition) is 2. The quantitative estimate of drug-likeness (QED) is 0.594. The number of hydrogen-bond donors (Lipinski definition) is 0. The Balaban J connectivity index is 3.80. The van der Waals surface area contributed by atoms with Crippen molar-refractivity contribution in [3.05, 3.63) is 28.3 Å². The largest absolute Gasteiger partial charge is 0.547 e. The molecule has 0 saturated carbocycles. The molecular weight excluding hydrogens is 276 g/mol. The number of benzene rings is 1. The van der Waals surface area contributed by atoms with E-state index in [0.717, 1.165) is 23.2 Å². The highest BCUT2D eigenvalue weighted by Gasteiger charge is 2.31. The fraction of sp³-hybridized carbons (Fsp3) is 0.611. The predicted molar refractivity (Wildman–Crippen MR) is 93.5 cm³/mol. The second-order valence-corrected chi connectivity index (χ2v) is 10.5. The van der Waals surface area contributed by atoms with Crippen LogP contribution in [0.2, 0.25) is 13.1 Å². The molecule has 0 N–H and O–H groups in total. The van der Waals surface area contributed by atoms with Crippen molar-refractivity contribution in [3.8, 4) is 5.75 Å². The summed E-state index contributed by atoms with van der Waals surface area (Å²) >= 11 is 0. The molecule has 1 rings (SSSR count). The molecule has 0 aliphatic carbocycles. The van der Waals surface area contributed by atoms with Crippen LogP contribution in [0, 0.1) is 6.92 Å². The van der Waals surface area contributed by atoms with Crippen molar-refractivity contribution >= 4 is 15.3 Å². The highest BCUT2D eigenvalue weighted by Crippen LogP contribution is 2.41. The molecule has 0 fully saturated rings. The molecule has 2 nitrogen and oxygen atoms in total. The molecule has 1 aromatic rings. The Kier molecular flexibility index (Phi) is 5.09. The smallest absolute Gasteiger partial charge is 0.229 e. The predicted octanol–water partition coefficient (Wildman–Crippen LogP) is 4.76. The van der Waals surface area contributed by atoms with E-state index < -0.39 is 9.04 Å². The molecule has 118 valence electrons. The van der Waals surface area contributed by atoms with Crippen LogP contribution >= 0.6 is 0 Å². The van der Waals surface area contributed by atoms with Crippen molar-refractivity contribution in [1.82, 2.24) is 0 Å². The minimum atomic E-state index is -1.21. The summed E-state index contributed by atoms with van der Waals surface area (Å²) in [6.07, 6.45) is 0.976. The first-order valence-corrected chi connectivity index (χ1v) is 10.5. The summed E-state index contributed by atoms with van der Waals surface area (Å²) in [6, 6.07) is 1.94.